The van der Waals surface area contributed by atoms with E-state index >= 15 is 0 Å². The average molecular weight is 323 g/mol. The van der Waals surface area contributed by atoms with Crippen LogP contribution in [-0.2, 0) is 6.18 Å². The zero-order valence-electron chi connectivity index (χ0n) is 13.3. The topological polar surface area (TPSA) is 26.0 Å². The molecule has 1 atom stereocenters. The molecule has 0 amide bonds. The minimum atomic E-state index is -4.26. The highest BCUT2D eigenvalue weighted by Crippen LogP contribution is 2.40. The molecular weight excluding hydrogens is 299 g/mol. The number of alkyl halides is 3. The van der Waals surface area contributed by atoms with Gasteiger partial charge in [-0.1, -0.05) is 18.2 Å². The van der Waals surface area contributed by atoms with Gasteiger partial charge in [-0.25, -0.2) is 0 Å². The number of hydrogen-bond donors (Lipinski definition) is 1. The summed E-state index contributed by atoms with van der Waals surface area (Å²) >= 11 is 0. The number of rotatable bonds is 2. The maximum Gasteiger partial charge on any atom is 0.416 e. The molecule has 4 heteroatoms. The minimum absolute atomic E-state index is 0.382. The summed E-state index contributed by atoms with van der Waals surface area (Å²) in [5.41, 5.74) is 7.53. The maximum absolute atomic E-state index is 12.6. The Morgan fingerprint density at radius 2 is 1.52 bits per heavy atom. The number of hydrogen-bond acceptors (Lipinski definition) is 1. The third-order valence-electron chi connectivity index (χ3n) is 5.52. The van der Waals surface area contributed by atoms with Crippen LogP contribution in [0.3, 0.4) is 0 Å². The van der Waals surface area contributed by atoms with E-state index in [2.05, 4.69) is 6.08 Å². The molecule has 126 valence electrons. The highest BCUT2D eigenvalue weighted by Gasteiger charge is 2.30. The van der Waals surface area contributed by atoms with Crippen molar-refractivity contribution >= 4 is 5.57 Å². The van der Waals surface area contributed by atoms with E-state index in [0.29, 0.717) is 6.04 Å². The average Bonchev–Trinajstić information content (AvgIpc) is 2.55. The summed E-state index contributed by atoms with van der Waals surface area (Å²) < 4.78 is 37.9. The van der Waals surface area contributed by atoms with Crippen LogP contribution in [0, 0.1) is 11.8 Å². The second-order valence-electron chi connectivity index (χ2n) is 7.01. The summed E-state index contributed by atoms with van der Waals surface area (Å²) in [6.07, 6.45) is 5.89. The molecule has 23 heavy (non-hydrogen) atoms. The SMILES string of the molecule is NC1CCC(C2CC=C(c3ccc(C(F)(F)F)cc3)CC2)CC1. The van der Waals surface area contributed by atoms with Gasteiger partial charge in [0.25, 0.3) is 0 Å². The molecule has 1 saturated carbocycles. The molecule has 1 nitrogen and oxygen atoms in total. The van der Waals surface area contributed by atoms with Crippen molar-refractivity contribution in [3.05, 3.63) is 41.5 Å². The highest BCUT2D eigenvalue weighted by atomic mass is 19.4. The molecule has 3 rings (SSSR count). The van der Waals surface area contributed by atoms with Crippen LogP contribution in [0.4, 0.5) is 13.2 Å². The van der Waals surface area contributed by atoms with Crippen LogP contribution >= 0.6 is 0 Å². The van der Waals surface area contributed by atoms with Gasteiger partial charge in [-0.15, -0.1) is 0 Å². The van der Waals surface area contributed by atoms with Crippen molar-refractivity contribution in [1.29, 1.82) is 0 Å². The standard InChI is InChI=1S/C19H24F3N/c20-19(21,22)17-9-5-15(6-10-17)13-1-3-14(4-2-13)16-7-11-18(23)12-8-16/h1,5-6,9-10,14,16,18H,2-4,7-8,11-12,23H2. The van der Waals surface area contributed by atoms with Crippen molar-refractivity contribution in [2.24, 2.45) is 17.6 Å². The lowest BCUT2D eigenvalue weighted by molar-refractivity contribution is -0.137. The molecule has 2 aliphatic rings. The molecule has 0 heterocycles. The number of allylic oxidation sites excluding steroid dienone is 2. The molecule has 1 unspecified atom stereocenters. The zero-order chi connectivity index (χ0) is 16.4. The minimum Gasteiger partial charge on any atom is -0.328 e. The fourth-order valence-corrected chi connectivity index (χ4v) is 4.03. The Morgan fingerprint density at radius 1 is 0.870 bits per heavy atom. The lowest BCUT2D eigenvalue weighted by atomic mass is 9.72. The van der Waals surface area contributed by atoms with Gasteiger partial charge in [0.05, 0.1) is 5.56 Å². The summed E-state index contributed by atoms with van der Waals surface area (Å²) in [5, 5.41) is 0. The molecule has 2 N–H and O–H groups in total. The number of nitrogens with two attached hydrogens (primary N) is 1. The van der Waals surface area contributed by atoms with Crippen LogP contribution in [0.2, 0.25) is 0 Å². The molecular formula is C19H24F3N. The first-order valence-corrected chi connectivity index (χ1v) is 8.55. The highest BCUT2D eigenvalue weighted by molar-refractivity contribution is 5.66. The molecule has 1 aromatic carbocycles. The fourth-order valence-electron chi connectivity index (χ4n) is 4.03. The smallest absolute Gasteiger partial charge is 0.328 e. The number of halogens is 3. The van der Waals surface area contributed by atoms with Crippen molar-refractivity contribution in [3.63, 3.8) is 0 Å². The van der Waals surface area contributed by atoms with Gasteiger partial charge in [0.2, 0.25) is 0 Å². The van der Waals surface area contributed by atoms with Crippen molar-refractivity contribution < 1.29 is 13.2 Å². The first kappa shape index (κ1) is 16.6. The van der Waals surface area contributed by atoms with Crippen molar-refractivity contribution in [2.75, 3.05) is 0 Å². The largest absolute Gasteiger partial charge is 0.416 e. The summed E-state index contributed by atoms with van der Waals surface area (Å²) in [4.78, 5) is 0. The molecule has 0 bridgehead atoms. The van der Waals surface area contributed by atoms with Crippen LogP contribution in [0.5, 0.6) is 0 Å². The van der Waals surface area contributed by atoms with E-state index in [1.165, 1.54) is 30.5 Å². The first-order chi connectivity index (χ1) is 10.9. The normalized spacial score (nSPS) is 29.2. The van der Waals surface area contributed by atoms with E-state index in [0.717, 1.165) is 49.5 Å². The number of benzene rings is 1. The molecule has 0 radical (unpaired) electrons. The van der Waals surface area contributed by atoms with Gasteiger partial charge in [0.15, 0.2) is 0 Å². The third kappa shape index (κ3) is 3.97. The van der Waals surface area contributed by atoms with Crippen LogP contribution in [0.15, 0.2) is 30.3 Å². The fraction of sp³-hybridized carbons (Fsp3) is 0.579. The molecule has 0 saturated heterocycles. The summed E-state index contributed by atoms with van der Waals surface area (Å²) in [5.74, 6) is 1.50. The second kappa shape index (κ2) is 6.68. The summed E-state index contributed by atoms with van der Waals surface area (Å²) in [6.45, 7) is 0. The molecule has 0 spiro atoms. The summed E-state index contributed by atoms with van der Waals surface area (Å²) in [6, 6.07) is 5.96. The predicted molar refractivity (Wildman–Crippen MR) is 86.7 cm³/mol. The van der Waals surface area contributed by atoms with E-state index in [1.807, 2.05) is 0 Å². The maximum atomic E-state index is 12.6. The van der Waals surface area contributed by atoms with Crippen LogP contribution in [-0.4, -0.2) is 6.04 Å². The van der Waals surface area contributed by atoms with Crippen molar-refractivity contribution in [2.45, 2.75) is 57.2 Å². The van der Waals surface area contributed by atoms with E-state index in [9.17, 15) is 13.2 Å². The van der Waals surface area contributed by atoms with Gasteiger partial charge < -0.3 is 5.73 Å². The van der Waals surface area contributed by atoms with Gasteiger partial charge >= 0.3 is 6.18 Å². The van der Waals surface area contributed by atoms with Crippen LogP contribution in [0.25, 0.3) is 5.57 Å². The van der Waals surface area contributed by atoms with E-state index in [-0.39, 0.29) is 0 Å². The molecule has 2 aliphatic carbocycles. The second-order valence-corrected chi connectivity index (χ2v) is 7.01. The lowest BCUT2D eigenvalue weighted by Gasteiger charge is -2.34. The zero-order valence-corrected chi connectivity index (χ0v) is 13.3. The van der Waals surface area contributed by atoms with E-state index in [1.54, 1.807) is 12.1 Å². The van der Waals surface area contributed by atoms with Gasteiger partial charge in [-0.05, 0) is 80.1 Å². The van der Waals surface area contributed by atoms with Crippen LogP contribution in [0.1, 0.15) is 56.1 Å². The van der Waals surface area contributed by atoms with Gasteiger partial charge in [-0.3, -0.25) is 0 Å². The Labute approximate surface area is 135 Å². The summed E-state index contributed by atoms with van der Waals surface area (Å²) in [7, 11) is 0. The Hall–Kier alpha value is -1.29. The van der Waals surface area contributed by atoms with Gasteiger partial charge in [0, 0.05) is 6.04 Å². The molecule has 1 aromatic rings. The molecule has 0 aromatic heterocycles. The lowest BCUT2D eigenvalue weighted by Crippen LogP contribution is -2.30. The Bertz CT molecular complexity index is 551. The van der Waals surface area contributed by atoms with E-state index in [4.69, 9.17) is 5.73 Å². The molecule has 0 aliphatic heterocycles. The monoisotopic (exact) mass is 323 g/mol. The van der Waals surface area contributed by atoms with Crippen molar-refractivity contribution in [3.8, 4) is 0 Å². The first-order valence-electron chi connectivity index (χ1n) is 8.55. The Balaban J connectivity index is 1.62. The van der Waals surface area contributed by atoms with Gasteiger partial charge in [-0.2, -0.15) is 13.2 Å². The third-order valence-corrected chi connectivity index (χ3v) is 5.52. The predicted octanol–water partition coefficient (Wildman–Crippen LogP) is 5.41. The van der Waals surface area contributed by atoms with E-state index < -0.39 is 11.7 Å². The Kier molecular flexibility index (Phi) is 4.81. The quantitative estimate of drug-likeness (QED) is 0.774. The van der Waals surface area contributed by atoms with Crippen molar-refractivity contribution in [1.82, 2.24) is 0 Å². The van der Waals surface area contributed by atoms with Crippen LogP contribution < -0.4 is 5.73 Å². The molecule has 1 fully saturated rings. The Morgan fingerprint density at radius 3 is 2.04 bits per heavy atom. The van der Waals surface area contributed by atoms with Gasteiger partial charge in [0.1, 0.15) is 0 Å².